The number of aromatic nitrogens is 2. The fourth-order valence-electron chi connectivity index (χ4n) is 4.83. The molecule has 0 aliphatic carbocycles. The Bertz CT molecular complexity index is 1430. The zero-order valence-electron chi connectivity index (χ0n) is 23.9. The van der Waals surface area contributed by atoms with Gasteiger partial charge in [-0.2, -0.15) is 0 Å². The second-order valence-electron chi connectivity index (χ2n) is 11.2. The number of ether oxygens (including phenoxy) is 1. The Labute approximate surface area is 243 Å². The van der Waals surface area contributed by atoms with Crippen LogP contribution in [0.15, 0.2) is 48.7 Å². The highest BCUT2D eigenvalue weighted by Crippen LogP contribution is 2.35. The molecule has 0 radical (unpaired) electrons. The lowest BCUT2D eigenvalue weighted by Crippen LogP contribution is -2.33. The lowest BCUT2D eigenvalue weighted by atomic mass is 9.89. The molecule has 0 bridgehead atoms. The number of nitrogens with two attached hydrogens (primary N) is 1. The third-order valence-electron chi connectivity index (χ3n) is 6.68. The third kappa shape index (κ3) is 7.90. The molecule has 1 unspecified atom stereocenters. The summed E-state index contributed by atoms with van der Waals surface area (Å²) in [5.41, 5.74) is 6.80. The number of amides is 2. The number of anilines is 2. The standard InChI is InChI=1S/C30H36F2N6O4/c1-30(2,3)42-29(41)36-16-24-21(8-5-11-34-24)25(26(33)40)22-15-23(32)28(38-13-10-20(39)17-38)37-27(22)35-12-9-18-6-4-7-19(31)14-18/h4-8,11,14-15,20,25,39H,9-10,12-13,16-17H2,1-3H3,(H2,33,40)(H,35,37)(H,36,41)/t20-,25?/m1/s1. The van der Waals surface area contributed by atoms with Crippen LogP contribution in [0.5, 0.6) is 0 Å². The quantitative estimate of drug-likeness (QED) is 0.284. The molecule has 2 atom stereocenters. The highest BCUT2D eigenvalue weighted by atomic mass is 19.1. The Morgan fingerprint density at radius 3 is 2.64 bits per heavy atom. The number of halogens is 2. The van der Waals surface area contributed by atoms with Crippen molar-refractivity contribution in [1.82, 2.24) is 15.3 Å². The van der Waals surface area contributed by atoms with Crippen molar-refractivity contribution in [3.05, 3.63) is 82.7 Å². The van der Waals surface area contributed by atoms with E-state index in [1.807, 2.05) is 0 Å². The van der Waals surface area contributed by atoms with Gasteiger partial charge in [-0.15, -0.1) is 0 Å². The van der Waals surface area contributed by atoms with Crippen molar-refractivity contribution in [2.24, 2.45) is 5.73 Å². The summed E-state index contributed by atoms with van der Waals surface area (Å²) in [7, 11) is 0. The number of nitrogens with one attached hydrogen (secondary N) is 2. The van der Waals surface area contributed by atoms with E-state index in [1.165, 1.54) is 24.4 Å². The van der Waals surface area contributed by atoms with Crippen LogP contribution < -0.4 is 21.3 Å². The molecule has 2 amide bonds. The Balaban J connectivity index is 1.69. The number of hydrogen-bond acceptors (Lipinski definition) is 8. The van der Waals surface area contributed by atoms with Crippen LogP contribution in [0.1, 0.15) is 55.5 Å². The van der Waals surface area contributed by atoms with Crippen molar-refractivity contribution < 1.29 is 28.2 Å². The minimum atomic E-state index is -1.17. The van der Waals surface area contributed by atoms with Crippen molar-refractivity contribution >= 4 is 23.6 Å². The van der Waals surface area contributed by atoms with Crippen molar-refractivity contribution in [1.29, 1.82) is 0 Å². The van der Waals surface area contributed by atoms with Crippen LogP contribution in [0.2, 0.25) is 0 Å². The van der Waals surface area contributed by atoms with Crippen LogP contribution >= 0.6 is 0 Å². The zero-order valence-corrected chi connectivity index (χ0v) is 23.9. The average molecular weight is 583 g/mol. The number of aliphatic hydroxyl groups excluding tert-OH is 1. The minimum Gasteiger partial charge on any atom is -0.444 e. The lowest BCUT2D eigenvalue weighted by Gasteiger charge is -2.24. The van der Waals surface area contributed by atoms with Gasteiger partial charge >= 0.3 is 6.09 Å². The summed E-state index contributed by atoms with van der Waals surface area (Å²) in [5, 5.41) is 15.8. The lowest BCUT2D eigenvalue weighted by molar-refractivity contribution is -0.118. The average Bonchev–Trinajstić information content (AvgIpc) is 3.34. The molecule has 0 saturated carbocycles. The monoisotopic (exact) mass is 582 g/mol. The summed E-state index contributed by atoms with van der Waals surface area (Å²) in [4.78, 5) is 35.8. The molecule has 3 aromatic rings. The second kappa shape index (κ2) is 13.1. The van der Waals surface area contributed by atoms with Crippen LogP contribution in [0.4, 0.5) is 25.2 Å². The van der Waals surface area contributed by atoms with Gasteiger partial charge in [0.05, 0.1) is 24.3 Å². The molecule has 10 nitrogen and oxygen atoms in total. The number of benzene rings is 1. The number of β-amino-alcohol motifs (C(OH)–C–C–N with tert-alkyl or cyclic N) is 1. The van der Waals surface area contributed by atoms with Crippen molar-refractivity contribution in [2.75, 3.05) is 29.9 Å². The predicted octanol–water partition coefficient (Wildman–Crippen LogP) is 3.62. The van der Waals surface area contributed by atoms with Gasteiger partial charge in [0.2, 0.25) is 5.91 Å². The van der Waals surface area contributed by atoms with E-state index in [1.54, 1.807) is 49.9 Å². The van der Waals surface area contributed by atoms with E-state index < -0.39 is 35.4 Å². The molecule has 42 heavy (non-hydrogen) atoms. The van der Waals surface area contributed by atoms with E-state index in [2.05, 4.69) is 20.6 Å². The van der Waals surface area contributed by atoms with Gasteiger partial charge in [0, 0.05) is 31.4 Å². The maximum absolute atomic E-state index is 15.6. The number of hydrogen-bond donors (Lipinski definition) is 4. The van der Waals surface area contributed by atoms with E-state index in [4.69, 9.17) is 10.5 Å². The van der Waals surface area contributed by atoms with Gasteiger partial charge in [-0.05, 0) is 69.0 Å². The first-order valence-corrected chi connectivity index (χ1v) is 13.7. The van der Waals surface area contributed by atoms with Crippen LogP contribution in [0, 0.1) is 11.6 Å². The number of pyridine rings is 2. The Hall–Kier alpha value is -4.32. The molecule has 1 aromatic carbocycles. The first-order valence-electron chi connectivity index (χ1n) is 13.7. The number of primary amides is 1. The van der Waals surface area contributed by atoms with Crippen molar-refractivity contribution in [3.8, 4) is 0 Å². The summed E-state index contributed by atoms with van der Waals surface area (Å²) < 4.78 is 34.6. The van der Waals surface area contributed by atoms with Gasteiger partial charge < -0.3 is 31.1 Å². The largest absolute Gasteiger partial charge is 0.444 e. The maximum Gasteiger partial charge on any atom is 0.407 e. The van der Waals surface area contributed by atoms with Crippen molar-refractivity contribution in [2.45, 2.75) is 57.8 Å². The molecule has 1 fully saturated rings. The summed E-state index contributed by atoms with van der Waals surface area (Å²) in [6.07, 6.45) is 1.13. The maximum atomic E-state index is 15.6. The fraction of sp³-hybridized carbons (Fsp3) is 0.400. The number of rotatable bonds is 10. The van der Waals surface area contributed by atoms with Gasteiger partial charge in [0.15, 0.2) is 11.6 Å². The molecule has 1 aliphatic rings. The van der Waals surface area contributed by atoms with Gasteiger partial charge in [-0.25, -0.2) is 18.6 Å². The van der Waals surface area contributed by atoms with Gasteiger partial charge in [-0.1, -0.05) is 18.2 Å². The Morgan fingerprint density at radius 2 is 1.98 bits per heavy atom. The summed E-state index contributed by atoms with van der Waals surface area (Å²) in [6, 6.07) is 10.6. The third-order valence-corrected chi connectivity index (χ3v) is 6.68. The van der Waals surface area contributed by atoms with Crippen LogP contribution in [0.3, 0.4) is 0 Å². The fourth-order valence-corrected chi connectivity index (χ4v) is 4.83. The first-order chi connectivity index (χ1) is 19.9. The van der Waals surface area contributed by atoms with E-state index in [9.17, 15) is 19.1 Å². The molecule has 5 N–H and O–H groups in total. The number of carbonyl (C=O) groups excluding carboxylic acids is 2. The molecule has 1 saturated heterocycles. The SMILES string of the molecule is CC(C)(C)OC(=O)NCc1ncccc1C(C(N)=O)c1cc(F)c(N2CC[C@@H](O)C2)nc1NCCc1cccc(F)c1. The van der Waals surface area contributed by atoms with Crippen molar-refractivity contribution in [3.63, 3.8) is 0 Å². The van der Waals surface area contributed by atoms with Crippen LogP contribution in [-0.4, -0.2) is 58.4 Å². The van der Waals surface area contributed by atoms with Crippen LogP contribution in [0.25, 0.3) is 0 Å². The second-order valence-corrected chi connectivity index (χ2v) is 11.2. The molecule has 0 spiro atoms. The van der Waals surface area contributed by atoms with Gasteiger partial charge in [-0.3, -0.25) is 9.78 Å². The zero-order chi connectivity index (χ0) is 30.4. The van der Waals surface area contributed by atoms with E-state index >= 15 is 4.39 Å². The molecular formula is C30H36F2N6O4. The highest BCUT2D eigenvalue weighted by molar-refractivity contribution is 5.87. The van der Waals surface area contributed by atoms with E-state index in [0.717, 1.165) is 5.56 Å². The highest BCUT2D eigenvalue weighted by Gasteiger charge is 2.31. The Morgan fingerprint density at radius 1 is 1.19 bits per heavy atom. The molecule has 2 aromatic heterocycles. The van der Waals surface area contributed by atoms with Gasteiger partial charge in [0.1, 0.15) is 17.2 Å². The number of aliphatic hydroxyl groups is 1. The van der Waals surface area contributed by atoms with Gasteiger partial charge in [0.25, 0.3) is 0 Å². The minimum absolute atomic E-state index is 0.0322. The topological polar surface area (TPSA) is 143 Å². The molecule has 3 heterocycles. The molecule has 224 valence electrons. The van der Waals surface area contributed by atoms with Crippen LogP contribution in [-0.2, 0) is 22.5 Å². The number of carbonyl (C=O) groups is 2. The summed E-state index contributed by atoms with van der Waals surface area (Å²) in [5.74, 6) is -2.75. The normalized spacial score (nSPS) is 15.8. The molecular weight excluding hydrogens is 546 g/mol. The molecule has 12 heteroatoms. The summed E-state index contributed by atoms with van der Waals surface area (Å²) >= 11 is 0. The summed E-state index contributed by atoms with van der Waals surface area (Å²) in [6.45, 7) is 6.06. The number of alkyl carbamates (subject to hydrolysis) is 1. The van der Waals surface area contributed by atoms with E-state index in [-0.39, 0.29) is 36.1 Å². The van der Waals surface area contributed by atoms with E-state index in [0.29, 0.717) is 37.2 Å². The Kier molecular flexibility index (Phi) is 9.56. The smallest absolute Gasteiger partial charge is 0.407 e. The molecule has 4 rings (SSSR count). The predicted molar refractivity (Wildman–Crippen MR) is 154 cm³/mol. The first kappa shape index (κ1) is 30.6. The number of nitrogens with zero attached hydrogens (tertiary/aromatic N) is 3. The molecule has 1 aliphatic heterocycles.